The molecule has 0 spiro atoms. The van der Waals surface area contributed by atoms with E-state index in [1.165, 1.54) is 4.90 Å². The lowest BCUT2D eigenvalue weighted by Gasteiger charge is -2.31. The molecule has 0 bridgehead atoms. The number of para-hydroxylation sites is 1. The van der Waals surface area contributed by atoms with Crippen molar-refractivity contribution in [1.29, 1.82) is 0 Å². The quantitative estimate of drug-likeness (QED) is 0.0544. The number of benzene rings is 1. The number of rotatable bonds is 19. The fourth-order valence-electron chi connectivity index (χ4n) is 7.27. The third-order valence-corrected chi connectivity index (χ3v) is 10.1. The molecule has 1 saturated heterocycles. The first-order valence-corrected chi connectivity index (χ1v) is 18.5. The van der Waals surface area contributed by atoms with Crippen LogP contribution >= 0.6 is 0 Å². The molecule has 4 amide bonds. The molecule has 2 aromatic rings. The molecule has 5 atom stereocenters. The molecule has 1 saturated carbocycles. The number of likely N-dealkylation sites (tertiary alicyclic amines) is 1. The van der Waals surface area contributed by atoms with E-state index in [0.29, 0.717) is 51.6 Å². The van der Waals surface area contributed by atoms with E-state index >= 15 is 0 Å². The van der Waals surface area contributed by atoms with Crippen LogP contribution in [0.2, 0.25) is 0 Å². The summed E-state index contributed by atoms with van der Waals surface area (Å²) in [6.07, 6.45) is 9.52. The van der Waals surface area contributed by atoms with Gasteiger partial charge in [0.05, 0.1) is 6.04 Å². The second kappa shape index (κ2) is 19.8. The minimum atomic E-state index is -1.26. The first-order valence-electron chi connectivity index (χ1n) is 18.5. The Morgan fingerprint density at radius 1 is 0.904 bits per heavy atom. The number of nitrogens with zero attached hydrogens (tertiary/aromatic N) is 2. The number of nitrogens with two attached hydrogens (primary N) is 4. The average molecular weight is 725 g/mol. The van der Waals surface area contributed by atoms with Gasteiger partial charge in [0.1, 0.15) is 24.2 Å². The summed E-state index contributed by atoms with van der Waals surface area (Å²) in [6, 6.07) is 2.54. The SMILES string of the molecule is NCCC[C@H](N)C(=O)N1CCC[C@H]1C(=O)N[C@H](CC1CCCCC1)C(=O)N[C@@H](Cc1c[nH]c2ccccc12)C(=O)N[C@@H](CCCN=C(N)N)C(=O)O. The Kier molecular flexibility index (Phi) is 15.2. The van der Waals surface area contributed by atoms with E-state index in [2.05, 4.69) is 25.9 Å². The van der Waals surface area contributed by atoms with Crippen molar-refractivity contribution in [1.82, 2.24) is 25.8 Å². The summed E-state index contributed by atoms with van der Waals surface area (Å²) >= 11 is 0. The number of guanidine groups is 1. The van der Waals surface area contributed by atoms with E-state index < -0.39 is 53.9 Å². The van der Waals surface area contributed by atoms with Crippen LogP contribution in [0, 0.1) is 5.92 Å². The van der Waals surface area contributed by atoms with Crippen molar-refractivity contribution in [3.8, 4) is 0 Å². The number of aromatic amines is 1. The third kappa shape index (κ3) is 11.4. The number of nitrogens with one attached hydrogen (secondary N) is 4. The van der Waals surface area contributed by atoms with Crippen molar-refractivity contribution in [3.05, 3.63) is 36.0 Å². The van der Waals surface area contributed by atoms with Gasteiger partial charge in [-0.05, 0) is 69.0 Å². The number of carboxylic acid groups (broad SMARTS) is 1. The number of carbonyl (C=O) groups is 5. The molecule has 1 aliphatic carbocycles. The Labute approximate surface area is 304 Å². The van der Waals surface area contributed by atoms with Gasteiger partial charge in [0.15, 0.2) is 5.96 Å². The van der Waals surface area contributed by atoms with Gasteiger partial charge in [-0.3, -0.25) is 24.2 Å². The molecule has 1 aromatic heterocycles. The van der Waals surface area contributed by atoms with Crippen LogP contribution < -0.4 is 38.9 Å². The lowest BCUT2D eigenvalue weighted by atomic mass is 9.84. The maximum absolute atomic E-state index is 14.2. The molecule has 0 radical (unpaired) electrons. The maximum Gasteiger partial charge on any atom is 0.326 e. The van der Waals surface area contributed by atoms with Crippen LogP contribution in [0.4, 0.5) is 0 Å². The molecule has 13 N–H and O–H groups in total. The summed E-state index contributed by atoms with van der Waals surface area (Å²) in [5.41, 5.74) is 24.1. The summed E-state index contributed by atoms with van der Waals surface area (Å²) in [5.74, 6) is -3.19. The van der Waals surface area contributed by atoms with Gasteiger partial charge in [0.25, 0.3) is 0 Å². The highest BCUT2D eigenvalue weighted by Gasteiger charge is 2.39. The zero-order valence-corrected chi connectivity index (χ0v) is 29.9. The topological polar surface area (TPSA) is 277 Å². The monoisotopic (exact) mass is 724 g/mol. The lowest BCUT2D eigenvalue weighted by molar-refractivity contribution is -0.142. The van der Waals surface area contributed by atoms with Crippen LogP contribution in [0.5, 0.6) is 0 Å². The fourth-order valence-corrected chi connectivity index (χ4v) is 7.27. The zero-order valence-electron chi connectivity index (χ0n) is 29.9. The second-order valence-electron chi connectivity index (χ2n) is 14.0. The molecule has 2 aliphatic rings. The Balaban J connectivity index is 1.56. The summed E-state index contributed by atoms with van der Waals surface area (Å²) in [5, 5.41) is 19.2. The average Bonchev–Trinajstić information content (AvgIpc) is 3.79. The molecule has 4 rings (SSSR count). The number of amides is 4. The number of H-pyrrole nitrogens is 1. The van der Waals surface area contributed by atoms with E-state index in [1.807, 2.05) is 24.3 Å². The van der Waals surface area contributed by atoms with Gasteiger partial charge in [-0.25, -0.2) is 4.79 Å². The number of carbonyl (C=O) groups excluding carboxylic acids is 4. The number of aliphatic carboxylic acids is 1. The predicted molar refractivity (Wildman–Crippen MR) is 198 cm³/mol. The molecule has 1 aromatic carbocycles. The number of carboxylic acids is 1. The smallest absolute Gasteiger partial charge is 0.326 e. The van der Waals surface area contributed by atoms with E-state index in [9.17, 15) is 29.1 Å². The van der Waals surface area contributed by atoms with Crippen molar-refractivity contribution >= 4 is 46.5 Å². The third-order valence-electron chi connectivity index (χ3n) is 10.1. The van der Waals surface area contributed by atoms with Gasteiger partial charge in [0.2, 0.25) is 23.6 Å². The van der Waals surface area contributed by atoms with Gasteiger partial charge in [0, 0.05) is 36.6 Å². The van der Waals surface area contributed by atoms with Crippen molar-refractivity contribution in [2.24, 2.45) is 33.8 Å². The highest BCUT2D eigenvalue weighted by atomic mass is 16.4. The van der Waals surface area contributed by atoms with Gasteiger partial charge >= 0.3 is 5.97 Å². The van der Waals surface area contributed by atoms with Crippen LogP contribution in [0.15, 0.2) is 35.5 Å². The number of aliphatic imine (C=N–C) groups is 1. The second-order valence-corrected chi connectivity index (χ2v) is 14.0. The first-order chi connectivity index (χ1) is 25.0. The molecular weight excluding hydrogens is 668 g/mol. The largest absolute Gasteiger partial charge is 0.480 e. The number of fused-ring (bicyclic) bond motifs is 1. The van der Waals surface area contributed by atoms with Gasteiger partial charge < -0.3 is 53.9 Å². The summed E-state index contributed by atoms with van der Waals surface area (Å²) < 4.78 is 0. The first kappa shape index (κ1) is 40.1. The van der Waals surface area contributed by atoms with E-state index in [4.69, 9.17) is 22.9 Å². The highest BCUT2D eigenvalue weighted by molar-refractivity contribution is 5.96. The molecule has 1 aliphatic heterocycles. The van der Waals surface area contributed by atoms with Crippen molar-refractivity contribution in [3.63, 3.8) is 0 Å². The molecule has 286 valence electrons. The molecule has 52 heavy (non-hydrogen) atoms. The Morgan fingerprint density at radius 3 is 2.33 bits per heavy atom. The maximum atomic E-state index is 14.2. The number of hydrogen-bond acceptors (Lipinski definition) is 8. The molecule has 0 unspecified atom stereocenters. The zero-order chi connectivity index (χ0) is 37.6. The van der Waals surface area contributed by atoms with Gasteiger partial charge in [-0.2, -0.15) is 0 Å². The Morgan fingerprint density at radius 2 is 1.62 bits per heavy atom. The highest BCUT2D eigenvalue weighted by Crippen LogP contribution is 2.28. The van der Waals surface area contributed by atoms with Crippen LogP contribution in [0.25, 0.3) is 10.9 Å². The van der Waals surface area contributed by atoms with E-state index in [-0.39, 0.29) is 37.2 Å². The van der Waals surface area contributed by atoms with Crippen LogP contribution in [0.3, 0.4) is 0 Å². The van der Waals surface area contributed by atoms with Gasteiger partial charge in [-0.15, -0.1) is 0 Å². The predicted octanol–water partition coefficient (Wildman–Crippen LogP) is 0.331. The van der Waals surface area contributed by atoms with E-state index in [1.54, 1.807) is 6.20 Å². The lowest BCUT2D eigenvalue weighted by Crippen LogP contribution is -2.58. The molecule has 16 heteroatoms. The standard InChI is InChI=1S/C36H56N10O6/c37-16-6-12-25(38)34(50)46-18-8-15-30(46)33(49)45-28(19-22-9-2-1-3-10-22)31(47)44-29(20-23-21-42-26-13-5-4-11-24(23)26)32(48)43-27(35(51)52)14-7-17-41-36(39)40/h4-5,11,13,21-22,25,27-30,42H,1-3,6-10,12,14-20,37-38H2,(H,43,48)(H,44,47)(H,45,49)(H,51,52)(H4,39,40,41)/t25-,27-,28+,29-,30-/m0/s1. The van der Waals surface area contributed by atoms with Crippen molar-refractivity contribution in [2.45, 2.75) is 114 Å². The minimum Gasteiger partial charge on any atom is -0.480 e. The Bertz CT molecular complexity index is 1550. The van der Waals surface area contributed by atoms with Crippen molar-refractivity contribution < 1.29 is 29.1 Å². The summed E-state index contributed by atoms with van der Waals surface area (Å²) in [6.45, 7) is 0.971. The van der Waals surface area contributed by atoms with Crippen LogP contribution in [-0.4, -0.2) is 100 Å². The minimum absolute atomic E-state index is 0.0532. The van der Waals surface area contributed by atoms with Crippen molar-refractivity contribution in [2.75, 3.05) is 19.6 Å². The molecular formula is C36H56N10O6. The van der Waals surface area contributed by atoms with Gasteiger partial charge in [-0.1, -0.05) is 50.3 Å². The summed E-state index contributed by atoms with van der Waals surface area (Å²) in [4.78, 5) is 75.9. The Hall–Kier alpha value is -4.70. The number of aromatic nitrogens is 1. The summed E-state index contributed by atoms with van der Waals surface area (Å²) in [7, 11) is 0. The molecule has 2 heterocycles. The van der Waals surface area contributed by atoms with Crippen LogP contribution in [0.1, 0.15) is 82.6 Å². The van der Waals surface area contributed by atoms with E-state index in [0.717, 1.165) is 48.6 Å². The molecule has 16 nitrogen and oxygen atoms in total. The normalized spacial score (nSPS) is 18.6. The number of hydrogen-bond donors (Lipinski definition) is 9. The molecule has 2 fully saturated rings. The van der Waals surface area contributed by atoms with Crippen LogP contribution in [-0.2, 0) is 30.4 Å². The fraction of sp³-hybridized carbons (Fsp3) is 0.611.